The molecule has 1 aliphatic rings. The highest BCUT2D eigenvalue weighted by atomic mass is 32.2. The molecule has 1 aliphatic heterocycles. The second-order valence-corrected chi connectivity index (χ2v) is 8.97. The molecule has 1 heterocycles. The molecule has 6 nitrogen and oxygen atoms in total. The summed E-state index contributed by atoms with van der Waals surface area (Å²) in [4.78, 5) is 15.1. The lowest BCUT2D eigenvalue weighted by Crippen LogP contribution is -2.39. The van der Waals surface area contributed by atoms with Gasteiger partial charge < -0.3 is 14.5 Å². The smallest absolute Gasteiger partial charge is 0.410 e. The Kier molecular flexibility index (Phi) is 6.10. The van der Waals surface area contributed by atoms with Gasteiger partial charge in [0.25, 0.3) is 0 Å². The molecule has 0 N–H and O–H groups in total. The maximum atomic E-state index is 13.0. The highest BCUT2D eigenvalue weighted by Gasteiger charge is 2.31. The molecule has 0 atom stereocenters. The van der Waals surface area contributed by atoms with Gasteiger partial charge in [-0.2, -0.15) is 8.78 Å². The summed E-state index contributed by atoms with van der Waals surface area (Å²) in [5.41, 5.74) is -0.375. The van der Waals surface area contributed by atoms with Crippen LogP contribution in [0.5, 0.6) is 0 Å². The minimum absolute atomic E-state index is 0.235. The normalized spacial score (nSPS) is 16.5. The number of nitrogens with zero attached hydrogens (tertiary/aromatic N) is 2. The summed E-state index contributed by atoms with van der Waals surface area (Å²) in [6, 6.07) is 5.73. The van der Waals surface area contributed by atoms with Crippen molar-refractivity contribution in [3.05, 3.63) is 24.3 Å². The number of rotatable bonds is 3. The van der Waals surface area contributed by atoms with Crippen LogP contribution in [0.1, 0.15) is 27.2 Å². The molecule has 0 unspecified atom stereocenters. The predicted molar refractivity (Wildman–Crippen MR) is 94.3 cm³/mol. The Morgan fingerprint density at radius 3 is 2.38 bits per heavy atom. The van der Waals surface area contributed by atoms with E-state index < -0.39 is 27.3 Å². The second kappa shape index (κ2) is 7.77. The lowest BCUT2D eigenvalue weighted by atomic mass is 10.2. The number of para-hydroxylation sites is 1. The van der Waals surface area contributed by atoms with Crippen LogP contribution < -0.4 is 4.90 Å². The van der Waals surface area contributed by atoms with Crippen LogP contribution in [0.2, 0.25) is 0 Å². The average molecular weight is 390 g/mol. The van der Waals surface area contributed by atoms with Gasteiger partial charge in [0, 0.05) is 26.2 Å². The fourth-order valence-electron chi connectivity index (χ4n) is 2.72. The topological polar surface area (TPSA) is 66.9 Å². The van der Waals surface area contributed by atoms with Gasteiger partial charge >= 0.3 is 11.9 Å². The molecule has 9 heteroatoms. The predicted octanol–water partition coefficient (Wildman–Crippen LogP) is 3.13. The molecule has 0 aliphatic carbocycles. The fraction of sp³-hybridized carbons (Fsp3) is 0.588. The minimum Gasteiger partial charge on any atom is -0.444 e. The Morgan fingerprint density at radius 1 is 1.12 bits per heavy atom. The standard InChI is InChI=1S/C17H24F2N2O4S/c1-17(2,3)25-16(22)21-10-6-9-20(11-12-21)13-7-4-5-8-14(13)26(23,24)15(18)19/h4-5,7-8,15H,6,9-12H2,1-3H3. The van der Waals surface area contributed by atoms with Crippen LogP contribution in [0.15, 0.2) is 29.2 Å². The van der Waals surface area contributed by atoms with E-state index in [4.69, 9.17) is 4.74 Å². The van der Waals surface area contributed by atoms with Gasteiger partial charge in [-0.25, -0.2) is 13.2 Å². The third-order valence-corrected chi connectivity index (χ3v) is 5.32. The second-order valence-electron chi connectivity index (χ2n) is 7.08. The number of hydrogen-bond acceptors (Lipinski definition) is 5. The van der Waals surface area contributed by atoms with E-state index in [0.29, 0.717) is 32.6 Å². The summed E-state index contributed by atoms with van der Waals surface area (Å²) in [5, 5.41) is 0. The third kappa shape index (κ3) is 4.84. The number of alkyl halides is 2. The first kappa shape index (κ1) is 20.4. The van der Waals surface area contributed by atoms with Crippen LogP contribution in [0.25, 0.3) is 0 Å². The van der Waals surface area contributed by atoms with E-state index in [1.807, 2.05) is 0 Å². The number of ether oxygens (including phenoxy) is 1. The number of benzene rings is 1. The molecule has 0 radical (unpaired) electrons. The van der Waals surface area contributed by atoms with Crippen molar-refractivity contribution in [2.24, 2.45) is 0 Å². The molecule has 2 rings (SSSR count). The van der Waals surface area contributed by atoms with Gasteiger partial charge in [-0.3, -0.25) is 0 Å². The first-order valence-corrected chi connectivity index (χ1v) is 9.91. The lowest BCUT2D eigenvalue weighted by molar-refractivity contribution is 0.0263. The highest BCUT2D eigenvalue weighted by molar-refractivity contribution is 7.91. The first-order chi connectivity index (χ1) is 12.0. The molecule has 1 aromatic carbocycles. The molecule has 1 saturated heterocycles. The Balaban J connectivity index is 2.19. The van der Waals surface area contributed by atoms with Gasteiger partial charge in [0.15, 0.2) is 0 Å². The van der Waals surface area contributed by atoms with E-state index in [9.17, 15) is 22.0 Å². The number of carbonyl (C=O) groups excluding carboxylic acids is 1. The van der Waals surface area contributed by atoms with Crippen molar-refractivity contribution in [1.29, 1.82) is 0 Å². The monoisotopic (exact) mass is 390 g/mol. The van der Waals surface area contributed by atoms with Crippen LogP contribution in [-0.4, -0.2) is 56.9 Å². The van der Waals surface area contributed by atoms with Crippen molar-refractivity contribution in [3.63, 3.8) is 0 Å². The van der Waals surface area contributed by atoms with Gasteiger partial charge in [0.2, 0.25) is 9.84 Å². The van der Waals surface area contributed by atoms with Crippen LogP contribution in [0, 0.1) is 0 Å². The number of amides is 1. The molecular formula is C17H24F2N2O4S. The number of sulfone groups is 1. The summed E-state index contributed by atoms with van der Waals surface area (Å²) >= 11 is 0. The van der Waals surface area contributed by atoms with Crippen molar-refractivity contribution < 1.29 is 26.7 Å². The van der Waals surface area contributed by atoms with Gasteiger partial charge in [-0.1, -0.05) is 12.1 Å². The Hall–Kier alpha value is -1.90. The number of halogens is 2. The largest absolute Gasteiger partial charge is 0.444 e. The van der Waals surface area contributed by atoms with Gasteiger partial charge in [0.05, 0.1) is 10.6 Å². The summed E-state index contributed by atoms with van der Waals surface area (Å²) < 4.78 is 55.2. The molecule has 1 fully saturated rings. The van der Waals surface area contributed by atoms with Gasteiger partial charge in [-0.15, -0.1) is 0 Å². The zero-order valence-electron chi connectivity index (χ0n) is 15.1. The highest BCUT2D eigenvalue weighted by Crippen LogP contribution is 2.30. The van der Waals surface area contributed by atoms with Crippen molar-refractivity contribution >= 4 is 21.6 Å². The molecule has 0 aromatic heterocycles. The maximum Gasteiger partial charge on any atom is 0.410 e. The third-order valence-electron chi connectivity index (χ3n) is 3.89. The zero-order valence-corrected chi connectivity index (χ0v) is 15.9. The van der Waals surface area contributed by atoms with Crippen molar-refractivity contribution in [2.75, 3.05) is 31.1 Å². The Labute approximate surface area is 152 Å². The fourth-order valence-corrected chi connectivity index (χ4v) is 3.67. The quantitative estimate of drug-likeness (QED) is 0.793. The molecule has 146 valence electrons. The van der Waals surface area contributed by atoms with Crippen LogP contribution >= 0.6 is 0 Å². The van der Waals surface area contributed by atoms with Crippen molar-refractivity contribution in [3.8, 4) is 0 Å². The molecule has 0 saturated carbocycles. The van der Waals surface area contributed by atoms with Gasteiger partial charge in [0.1, 0.15) is 5.60 Å². The molecule has 1 aromatic rings. The molecular weight excluding hydrogens is 366 g/mol. The van der Waals surface area contributed by atoms with E-state index >= 15 is 0 Å². The van der Waals surface area contributed by atoms with Crippen molar-refractivity contribution in [2.45, 2.75) is 43.4 Å². The first-order valence-electron chi connectivity index (χ1n) is 8.36. The van der Waals surface area contributed by atoms with E-state index in [-0.39, 0.29) is 10.6 Å². The van der Waals surface area contributed by atoms with Gasteiger partial charge in [-0.05, 0) is 39.3 Å². The average Bonchev–Trinajstić information content (AvgIpc) is 2.79. The maximum absolute atomic E-state index is 13.0. The molecule has 1 amide bonds. The van der Waals surface area contributed by atoms with Crippen LogP contribution in [0.3, 0.4) is 0 Å². The molecule has 0 bridgehead atoms. The summed E-state index contributed by atoms with van der Waals surface area (Å²) in [6.07, 6.45) is 0.135. The SMILES string of the molecule is CC(C)(C)OC(=O)N1CCCN(c2ccccc2S(=O)(=O)C(F)F)CC1. The zero-order chi connectivity index (χ0) is 19.5. The summed E-state index contributed by atoms with van der Waals surface area (Å²) in [5.74, 6) is -3.48. The summed E-state index contributed by atoms with van der Waals surface area (Å²) in [7, 11) is -4.70. The van der Waals surface area contributed by atoms with E-state index in [1.165, 1.54) is 18.2 Å². The van der Waals surface area contributed by atoms with E-state index in [2.05, 4.69) is 0 Å². The van der Waals surface area contributed by atoms with E-state index in [0.717, 1.165) is 0 Å². The minimum atomic E-state index is -4.70. The van der Waals surface area contributed by atoms with Crippen LogP contribution in [-0.2, 0) is 14.6 Å². The number of carbonyl (C=O) groups is 1. The Bertz CT molecular complexity index is 747. The van der Waals surface area contributed by atoms with E-state index in [1.54, 1.807) is 36.6 Å². The summed E-state index contributed by atoms with van der Waals surface area (Å²) in [6.45, 7) is 6.89. The molecule has 0 spiro atoms. The number of anilines is 1. The number of hydrogen-bond donors (Lipinski definition) is 0. The molecule has 26 heavy (non-hydrogen) atoms. The van der Waals surface area contributed by atoms with Crippen molar-refractivity contribution in [1.82, 2.24) is 4.90 Å². The lowest BCUT2D eigenvalue weighted by Gasteiger charge is -2.27. The Morgan fingerprint density at radius 2 is 1.77 bits per heavy atom. The van der Waals surface area contributed by atoms with Crippen LogP contribution in [0.4, 0.5) is 19.3 Å².